The first-order chi connectivity index (χ1) is 10.6. The molecule has 1 aliphatic heterocycles. The standard InChI is InChI=1S/C17H26ClN3O.HI/c1-13(2)21-16(19-3)20-12-17(7-9-22-10-8-17)14-5-4-6-15(18)11-14;/h4-6,11,13H,7-10,12H2,1-3H3,(H2,19,20,21);1H. The fourth-order valence-electron chi connectivity index (χ4n) is 2.87. The zero-order valence-electron chi connectivity index (χ0n) is 14.1. The number of halogens is 2. The molecule has 1 fully saturated rings. The van der Waals surface area contributed by atoms with Gasteiger partial charge in [0.05, 0.1) is 0 Å². The molecule has 0 atom stereocenters. The summed E-state index contributed by atoms with van der Waals surface area (Å²) in [5.74, 6) is 0.836. The minimum atomic E-state index is 0. The third-order valence-corrected chi connectivity index (χ3v) is 4.37. The van der Waals surface area contributed by atoms with Gasteiger partial charge in [0, 0.05) is 43.3 Å². The summed E-state index contributed by atoms with van der Waals surface area (Å²) < 4.78 is 5.57. The molecule has 1 saturated heterocycles. The van der Waals surface area contributed by atoms with E-state index in [9.17, 15) is 0 Å². The highest BCUT2D eigenvalue weighted by Crippen LogP contribution is 2.35. The Morgan fingerprint density at radius 1 is 1.35 bits per heavy atom. The van der Waals surface area contributed by atoms with Crippen molar-refractivity contribution in [2.24, 2.45) is 4.99 Å². The van der Waals surface area contributed by atoms with Crippen molar-refractivity contribution in [2.45, 2.75) is 38.1 Å². The minimum Gasteiger partial charge on any atom is -0.381 e. The number of aliphatic imine (C=N–C) groups is 1. The van der Waals surface area contributed by atoms with Crippen LogP contribution in [0.1, 0.15) is 32.3 Å². The molecule has 1 aromatic carbocycles. The monoisotopic (exact) mass is 451 g/mol. The van der Waals surface area contributed by atoms with Gasteiger partial charge in [-0.2, -0.15) is 0 Å². The summed E-state index contributed by atoms with van der Waals surface area (Å²) in [4.78, 5) is 4.29. The molecule has 0 aliphatic carbocycles. The lowest BCUT2D eigenvalue weighted by molar-refractivity contribution is 0.0513. The number of benzene rings is 1. The third kappa shape index (κ3) is 5.80. The van der Waals surface area contributed by atoms with E-state index in [2.05, 4.69) is 41.6 Å². The van der Waals surface area contributed by atoms with Crippen LogP contribution in [0.2, 0.25) is 5.02 Å². The molecule has 0 unspecified atom stereocenters. The quantitative estimate of drug-likeness (QED) is 0.418. The van der Waals surface area contributed by atoms with Gasteiger partial charge in [-0.05, 0) is 44.4 Å². The largest absolute Gasteiger partial charge is 0.381 e. The van der Waals surface area contributed by atoms with Crippen molar-refractivity contribution in [2.75, 3.05) is 26.8 Å². The van der Waals surface area contributed by atoms with Gasteiger partial charge < -0.3 is 15.4 Å². The van der Waals surface area contributed by atoms with Gasteiger partial charge >= 0.3 is 0 Å². The lowest BCUT2D eigenvalue weighted by atomic mass is 9.74. The zero-order chi connectivity index (χ0) is 16.0. The number of ether oxygens (including phenoxy) is 1. The van der Waals surface area contributed by atoms with E-state index < -0.39 is 0 Å². The highest BCUT2D eigenvalue weighted by molar-refractivity contribution is 14.0. The van der Waals surface area contributed by atoms with Crippen LogP contribution in [0.25, 0.3) is 0 Å². The zero-order valence-corrected chi connectivity index (χ0v) is 17.2. The molecule has 0 spiro atoms. The molecule has 2 rings (SSSR count). The number of nitrogens with zero attached hydrogens (tertiary/aromatic N) is 1. The van der Waals surface area contributed by atoms with Crippen molar-refractivity contribution < 1.29 is 4.74 Å². The van der Waals surface area contributed by atoms with Gasteiger partial charge in [-0.1, -0.05) is 23.7 Å². The predicted molar refractivity (Wildman–Crippen MR) is 108 cm³/mol. The summed E-state index contributed by atoms with van der Waals surface area (Å²) in [5, 5.41) is 7.59. The van der Waals surface area contributed by atoms with Crippen molar-refractivity contribution in [3.8, 4) is 0 Å². The average Bonchev–Trinajstić information content (AvgIpc) is 2.52. The third-order valence-electron chi connectivity index (χ3n) is 4.13. The van der Waals surface area contributed by atoms with Crippen LogP contribution >= 0.6 is 35.6 Å². The van der Waals surface area contributed by atoms with Gasteiger partial charge in [-0.3, -0.25) is 4.99 Å². The smallest absolute Gasteiger partial charge is 0.191 e. The summed E-state index contributed by atoms with van der Waals surface area (Å²) in [6.45, 7) is 6.60. The Balaban J connectivity index is 0.00000264. The average molecular weight is 452 g/mol. The van der Waals surface area contributed by atoms with E-state index in [1.165, 1.54) is 5.56 Å². The number of rotatable bonds is 4. The van der Waals surface area contributed by atoms with Crippen LogP contribution in [0.3, 0.4) is 0 Å². The summed E-state index contributed by atoms with van der Waals surface area (Å²) in [5.41, 5.74) is 1.31. The van der Waals surface area contributed by atoms with Crippen molar-refractivity contribution in [3.63, 3.8) is 0 Å². The maximum absolute atomic E-state index is 6.20. The SMILES string of the molecule is CN=C(NCC1(c2cccc(Cl)c2)CCOCC1)NC(C)C.I. The number of hydrogen-bond acceptors (Lipinski definition) is 2. The van der Waals surface area contributed by atoms with E-state index in [0.717, 1.165) is 43.6 Å². The van der Waals surface area contributed by atoms with E-state index in [0.29, 0.717) is 6.04 Å². The molecule has 1 aliphatic rings. The Labute approximate surface area is 161 Å². The first-order valence-corrected chi connectivity index (χ1v) is 8.24. The molecule has 0 bridgehead atoms. The van der Waals surface area contributed by atoms with E-state index in [1.807, 2.05) is 12.1 Å². The summed E-state index contributed by atoms with van der Waals surface area (Å²) >= 11 is 6.20. The second-order valence-corrected chi connectivity index (χ2v) is 6.56. The maximum Gasteiger partial charge on any atom is 0.191 e. The van der Waals surface area contributed by atoms with Crippen LogP contribution in [0.5, 0.6) is 0 Å². The predicted octanol–water partition coefficient (Wildman–Crippen LogP) is 3.58. The molecular weight excluding hydrogens is 425 g/mol. The van der Waals surface area contributed by atoms with Gasteiger partial charge in [0.1, 0.15) is 0 Å². The van der Waals surface area contributed by atoms with Crippen molar-refractivity contribution >= 4 is 41.5 Å². The van der Waals surface area contributed by atoms with Crippen LogP contribution in [-0.4, -0.2) is 38.8 Å². The highest BCUT2D eigenvalue weighted by Gasteiger charge is 2.34. The minimum absolute atomic E-state index is 0. The van der Waals surface area contributed by atoms with Gasteiger partial charge in [-0.25, -0.2) is 0 Å². The second-order valence-electron chi connectivity index (χ2n) is 6.13. The maximum atomic E-state index is 6.20. The van der Waals surface area contributed by atoms with Crippen molar-refractivity contribution in [1.29, 1.82) is 0 Å². The molecule has 6 heteroatoms. The Morgan fingerprint density at radius 3 is 2.61 bits per heavy atom. The molecule has 130 valence electrons. The van der Waals surface area contributed by atoms with Gasteiger partial charge in [0.15, 0.2) is 5.96 Å². The normalized spacial score (nSPS) is 17.5. The Bertz CT molecular complexity index is 516. The van der Waals surface area contributed by atoms with Crippen LogP contribution in [-0.2, 0) is 10.2 Å². The molecule has 0 radical (unpaired) electrons. The van der Waals surface area contributed by atoms with Crippen molar-refractivity contribution in [3.05, 3.63) is 34.9 Å². The van der Waals surface area contributed by atoms with E-state index in [-0.39, 0.29) is 29.4 Å². The molecule has 23 heavy (non-hydrogen) atoms. The van der Waals surface area contributed by atoms with E-state index >= 15 is 0 Å². The van der Waals surface area contributed by atoms with Crippen LogP contribution in [0, 0.1) is 0 Å². The molecular formula is C17H27ClIN3O. The molecule has 0 amide bonds. The second kappa shape index (κ2) is 9.69. The molecule has 0 saturated carbocycles. The Hall–Kier alpha value is -0.530. The Kier molecular flexibility index (Phi) is 8.64. The van der Waals surface area contributed by atoms with Gasteiger partial charge in [-0.15, -0.1) is 24.0 Å². The summed E-state index contributed by atoms with van der Waals surface area (Å²) in [6, 6.07) is 8.54. The first kappa shape index (κ1) is 20.5. The summed E-state index contributed by atoms with van der Waals surface area (Å²) in [7, 11) is 1.80. The topological polar surface area (TPSA) is 45.7 Å². The Morgan fingerprint density at radius 2 is 2.04 bits per heavy atom. The molecule has 1 heterocycles. The number of guanidine groups is 1. The lowest BCUT2D eigenvalue weighted by Crippen LogP contribution is -2.49. The number of hydrogen-bond donors (Lipinski definition) is 2. The first-order valence-electron chi connectivity index (χ1n) is 7.87. The van der Waals surface area contributed by atoms with E-state index in [1.54, 1.807) is 7.05 Å². The van der Waals surface area contributed by atoms with Gasteiger partial charge in [0.25, 0.3) is 0 Å². The molecule has 0 aromatic heterocycles. The van der Waals surface area contributed by atoms with Crippen LogP contribution in [0.15, 0.2) is 29.3 Å². The fourth-order valence-corrected chi connectivity index (χ4v) is 3.06. The molecule has 2 N–H and O–H groups in total. The number of nitrogens with one attached hydrogen (secondary N) is 2. The van der Waals surface area contributed by atoms with Crippen LogP contribution in [0.4, 0.5) is 0 Å². The fraction of sp³-hybridized carbons (Fsp3) is 0.588. The van der Waals surface area contributed by atoms with Gasteiger partial charge in [0.2, 0.25) is 0 Å². The van der Waals surface area contributed by atoms with E-state index in [4.69, 9.17) is 16.3 Å². The molecule has 4 nitrogen and oxygen atoms in total. The van der Waals surface area contributed by atoms with Crippen LogP contribution < -0.4 is 10.6 Å². The highest BCUT2D eigenvalue weighted by atomic mass is 127. The molecule has 1 aromatic rings. The van der Waals surface area contributed by atoms with Crippen molar-refractivity contribution in [1.82, 2.24) is 10.6 Å². The summed E-state index contributed by atoms with van der Waals surface area (Å²) in [6.07, 6.45) is 1.97. The lowest BCUT2D eigenvalue weighted by Gasteiger charge is -2.38.